The molecule has 0 aliphatic rings. The van der Waals surface area contributed by atoms with Crippen molar-refractivity contribution in [2.24, 2.45) is 0 Å². The molecule has 0 unspecified atom stereocenters. The van der Waals surface area contributed by atoms with Crippen molar-refractivity contribution in [3.8, 4) is 11.8 Å². The largest absolute Gasteiger partial charge is 0.479 e. The number of hydrogen-bond acceptors (Lipinski definition) is 5. The number of rotatable bonds is 6. The lowest BCUT2D eigenvalue weighted by atomic mass is 9.86. The molecule has 0 bridgehead atoms. The van der Waals surface area contributed by atoms with Gasteiger partial charge in [0.05, 0.1) is 11.6 Å². The fourth-order valence-electron chi connectivity index (χ4n) is 2.35. The SMILES string of the molecule is C[C@@H](Oc1ccc(C#N)cc1)C(=O)OCC(=O)c1ccc(C(C)(C)C)cc1. The van der Waals surface area contributed by atoms with Crippen molar-refractivity contribution in [1.82, 2.24) is 0 Å². The minimum absolute atomic E-state index is 0.00621. The molecule has 5 heteroatoms. The molecule has 0 aliphatic heterocycles. The van der Waals surface area contributed by atoms with Crippen molar-refractivity contribution < 1.29 is 19.1 Å². The molecule has 0 spiro atoms. The Hall–Kier alpha value is -3.13. The van der Waals surface area contributed by atoms with Gasteiger partial charge in [-0.15, -0.1) is 0 Å². The highest BCUT2D eigenvalue weighted by atomic mass is 16.6. The van der Waals surface area contributed by atoms with E-state index in [0.29, 0.717) is 16.9 Å². The third kappa shape index (κ3) is 5.68. The van der Waals surface area contributed by atoms with Crippen molar-refractivity contribution in [2.45, 2.75) is 39.2 Å². The molecule has 0 saturated carbocycles. The lowest BCUT2D eigenvalue weighted by Gasteiger charge is -2.19. The second-order valence-corrected chi connectivity index (χ2v) is 7.25. The van der Waals surface area contributed by atoms with Crippen LogP contribution in [0.5, 0.6) is 5.75 Å². The van der Waals surface area contributed by atoms with Crippen molar-refractivity contribution in [1.29, 1.82) is 5.26 Å². The molecule has 2 aromatic rings. The van der Waals surface area contributed by atoms with E-state index in [4.69, 9.17) is 14.7 Å². The Balaban J connectivity index is 1.88. The molecule has 1 atom stereocenters. The maximum Gasteiger partial charge on any atom is 0.347 e. The van der Waals surface area contributed by atoms with Gasteiger partial charge in [-0.05, 0) is 42.2 Å². The molecule has 2 aromatic carbocycles. The zero-order chi connectivity index (χ0) is 20.0. The topological polar surface area (TPSA) is 76.4 Å². The molecule has 5 nitrogen and oxygen atoms in total. The Bertz CT molecular complexity index is 840. The number of ether oxygens (including phenoxy) is 2. The van der Waals surface area contributed by atoms with Gasteiger partial charge in [-0.2, -0.15) is 5.26 Å². The second-order valence-electron chi connectivity index (χ2n) is 7.25. The van der Waals surface area contributed by atoms with Crippen LogP contribution in [0.2, 0.25) is 0 Å². The van der Waals surface area contributed by atoms with Crippen molar-refractivity contribution in [3.63, 3.8) is 0 Å². The van der Waals surface area contributed by atoms with Crippen molar-refractivity contribution in [3.05, 3.63) is 65.2 Å². The number of esters is 1. The van der Waals surface area contributed by atoms with Crippen molar-refractivity contribution >= 4 is 11.8 Å². The summed E-state index contributed by atoms with van der Waals surface area (Å²) in [5.41, 5.74) is 2.13. The third-order valence-corrected chi connectivity index (χ3v) is 4.05. The van der Waals surface area contributed by atoms with E-state index < -0.39 is 12.1 Å². The Kier molecular flexibility index (Phi) is 6.36. The smallest absolute Gasteiger partial charge is 0.347 e. The Morgan fingerprint density at radius 1 is 1.04 bits per heavy atom. The van der Waals surface area contributed by atoms with E-state index in [1.165, 1.54) is 0 Å². The normalized spacial score (nSPS) is 12.0. The van der Waals surface area contributed by atoms with Crippen LogP contribution in [0.25, 0.3) is 0 Å². The zero-order valence-corrected chi connectivity index (χ0v) is 16.0. The maximum atomic E-state index is 12.2. The molecule has 27 heavy (non-hydrogen) atoms. The van der Waals surface area contributed by atoms with Gasteiger partial charge in [0.25, 0.3) is 0 Å². The lowest BCUT2D eigenvalue weighted by Crippen LogP contribution is -2.28. The number of carbonyl (C=O) groups is 2. The molecule has 140 valence electrons. The van der Waals surface area contributed by atoms with Crippen LogP contribution in [0.1, 0.15) is 49.2 Å². The lowest BCUT2D eigenvalue weighted by molar-refractivity contribution is -0.149. The highest BCUT2D eigenvalue weighted by Gasteiger charge is 2.19. The molecular weight excluding hydrogens is 342 g/mol. The van der Waals surface area contributed by atoms with E-state index in [0.717, 1.165) is 5.56 Å². The summed E-state index contributed by atoms with van der Waals surface area (Å²) in [5.74, 6) is -0.448. The van der Waals surface area contributed by atoms with Crippen LogP contribution < -0.4 is 4.74 Å². The number of carbonyl (C=O) groups excluding carboxylic acids is 2. The van der Waals surface area contributed by atoms with E-state index in [-0.39, 0.29) is 17.8 Å². The van der Waals surface area contributed by atoms with Crippen LogP contribution in [-0.4, -0.2) is 24.5 Å². The number of hydrogen-bond donors (Lipinski definition) is 0. The van der Waals surface area contributed by atoms with Gasteiger partial charge in [0.1, 0.15) is 5.75 Å². The first kappa shape index (κ1) is 20.2. The van der Waals surface area contributed by atoms with Crippen LogP contribution in [0.4, 0.5) is 0 Å². The molecule has 0 saturated heterocycles. The quantitative estimate of drug-likeness (QED) is 0.570. The van der Waals surface area contributed by atoms with Gasteiger partial charge >= 0.3 is 5.97 Å². The summed E-state index contributed by atoms with van der Waals surface area (Å²) >= 11 is 0. The molecule has 0 N–H and O–H groups in total. The van der Waals surface area contributed by atoms with Gasteiger partial charge < -0.3 is 9.47 Å². The minimum Gasteiger partial charge on any atom is -0.479 e. The number of nitrogens with zero attached hydrogens (tertiary/aromatic N) is 1. The minimum atomic E-state index is -0.867. The van der Waals surface area contributed by atoms with E-state index in [1.807, 2.05) is 18.2 Å². The highest BCUT2D eigenvalue weighted by Crippen LogP contribution is 2.22. The first-order valence-corrected chi connectivity index (χ1v) is 8.68. The number of benzene rings is 2. The summed E-state index contributed by atoms with van der Waals surface area (Å²) < 4.78 is 10.5. The molecule has 0 fully saturated rings. The summed E-state index contributed by atoms with van der Waals surface area (Å²) in [7, 11) is 0. The number of nitriles is 1. The fraction of sp³-hybridized carbons (Fsp3) is 0.318. The Morgan fingerprint density at radius 3 is 2.15 bits per heavy atom. The predicted molar refractivity (Wildman–Crippen MR) is 102 cm³/mol. The summed E-state index contributed by atoms with van der Waals surface area (Å²) in [5, 5.41) is 8.77. The summed E-state index contributed by atoms with van der Waals surface area (Å²) in [6.07, 6.45) is -0.867. The first-order valence-electron chi connectivity index (χ1n) is 8.68. The third-order valence-electron chi connectivity index (χ3n) is 4.05. The predicted octanol–water partition coefficient (Wildman–Crippen LogP) is 4.05. The zero-order valence-electron chi connectivity index (χ0n) is 16.0. The van der Waals surface area contributed by atoms with E-state index in [9.17, 15) is 9.59 Å². The first-order chi connectivity index (χ1) is 12.7. The van der Waals surface area contributed by atoms with E-state index in [1.54, 1.807) is 43.3 Å². The van der Waals surface area contributed by atoms with Gasteiger partial charge in [0.2, 0.25) is 0 Å². The van der Waals surface area contributed by atoms with Crippen LogP contribution >= 0.6 is 0 Å². The van der Waals surface area contributed by atoms with Gasteiger partial charge in [0, 0.05) is 5.56 Å². The highest BCUT2D eigenvalue weighted by molar-refractivity contribution is 5.98. The van der Waals surface area contributed by atoms with Crippen LogP contribution in [0.3, 0.4) is 0 Å². The summed E-state index contributed by atoms with van der Waals surface area (Å²) in [6, 6.07) is 15.7. The molecule has 0 radical (unpaired) electrons. The molecule has 0 aromatic heterocycles. The monoisotopic (exact) mass is 365 g/mol. The molecule has 0 heterocycles. The fourth-order valence-corrected chi connectivity index (χ4v) is 2.35. The number of ketones is 1. The Labute approximate surface area is 159 Å². The van der Waals surface area contributed by atoms with Crippen LogP contribution in [0, 0.1) is 11.3 Å². The molecule has 0 amide bonds. The molecule has 2 rings (SSSR count). The van der Waals surface area contributed by atoms with Crippen LogP contribution in [-0.2, 0) is 14.9 Å². The van der Waals surface area contributed by atoms with Gasteiger partial charge in [0.15, 0.2) is 18.5 Å². The maximum absolute atomic E-state index is 12.2. The van der Waals surface area contributed by atoms with Crippen LogP contribution in [0.15, 0.2) is 48.5 Å². The second kappa shape index (κ2) is 8.50. The van der Waals surface area contributed by atoms with Gasteiger partial charge in [-0.1, -0.05) is 45.0 Å². The molecule has 0 aliphatic carbocycles. The summed E-state index contributed by atoms with van der Waals surface area (Å²) in [4.78, 5) is 24.3. The van der Waals surface area contributed by atoms with Gasteiger partial charge in [-0.25, -0.2) is 4.79 Å². The summed E-state index contributed by atoms with van der Waals surface area (Å²) in [6.45, 7) is 7.50. The standard InChI is InChI=1S/C22H23NO4/c1-15(27-19-11-5-16(13-23)6-12-19)21(25)26-14-20(24)17-7-9-18(10-8-17)22(2,3)4/h5-12,15H,14H2,1-4H3/t15-/m1/s1. The Morgan fingerprint density at radius 2 is 1.63 bits per heavy atom. The number of Topliss-reactive ketones (excluding diaryl/α,β-unsaturated/α-hetero) is 1. The van der Waals surface area contributed by atoms with Crippen molar-refractivity contribution in [2.75, 3.05) is 6.61 Å². The van der Waals surface area contributed by atoms with Gasteiger partial charge in [-0.3, -0.25) is 4.79 Å². The van der Waals surface area contributed by atoms with E-state index in [2.05, 4.69) is 20.8 Å². The average Bonchev–Trinajstić information content (AvgIpc) is 2.65. The molecular formula is C22H23NO4. The average molecular weight is 365 g/mol. The van der Waals surface area contributed by atoms with E-state index >= 15 is 0 Å².